The first-order chi connectivity index (χ1) is 15.2. The van der Waals surface area contributed by atoms with E-state index in [4.69, 9.17) is 31.5 Å². The molecule has 3 aromatic carbocycles. The highest BCUT2D eigenvalue weighted by Gasteiger charge is 2.23. The van der Waals surface area contributed by atoms with E-state index >= 15 is 0 Å². The zero-order valence-corrected chi connectivity index (χ0v) is 17.7. The molecule has 2 N–H and O–H groups in total. The number of ether oxygens (including phenoxy) is 3. The molecule has 1 aliphatic rings. The summed E-state index contributed by atoms with van der Waals surface area (Å²) >= 11 is 6.42. The topological polar surface area (TPSA) is 74.0 Å². The summed E-state index contributed by atoms with van der Waals surface area (Å²) in [6, 6.07) is 20.5. The molecule has 7 heteroatoms. The number of carbonyl (C=O) groups is 1. The normalized spacial score (nSPS) is 11.9. The van der Waals surface area contributed by atoms with Gasteiger partial charge in [-0.15, -0.1) is 0 Å². The molecule has 0 radical (unpaired) electrons. The first kappa shape index (κ1) is 21.0. The molecular weight excluding hydrogens is 416 g/mol. The van der Waals surface area contributed by atoms with Crippen molar-refractivity contribution in [3.63, 3.8) is 0 Å². The fourth-order valence-corrected chi connectivity index (χ4v) is 3.58. The van der Waals surface area contributed by atoms with E-state index in [-0.39, 0.29) is 12.7 Å². The predicted octanol–water partition coefficient (Wildman–Crippen LogP) is 4.25. The van der Waals surface area contributed by atoms with Crippen LogP contribution in [0.4, 0.5) is 0 Å². The van der Waals surface area contributed by atoms with Crippen molar-refractivity contribution in [2.45, 2.75) is 13.2 Å². The Balaban J connectivity index is 1.55. The maximum absolute atomic E-state index is 13.4. The molecule has 1 heterocycles. The molecule has 0 aliphatic carbocycles. The van der Waals surface area contributed by atoms with Crippen molar-refractivity contribution in [1.29, 1.82) is 0 Å². The third-order valence-corrected chi connectivity index (χ3v) is 5.30. The van der Waals surface area contributed by atoms with Gasteiger partial charge >= 0.3 is 0 Å². The van der Waals surface area contributed by atoms with Gasteiger partial charge in [0.1, 0.15) is 12.4 Å². The van der Waals surface area contributed by atoms with Gasteiger partial charge < -0.3 is 24.8 Å². The number of amides is 1. The van der Waals surface area contributed by atoms with E-state index in [1.807, 2.05) is 42.5 Å². The number of halogens is 1. The second-order valence-corrected chi connectivity index (χ2v) is 7.49. The van der Waals surface area contributed by atoms with Gasteiger partial charge in [0.2, 0.25) is 6.79 Å². The van der Waals surface area contributed by atoms with Crippen molar-refractivity contribution >= 4 is 17.5 Å². The minimum atomic E-state index is -0.178. The van der Waals surface area contributed by atoms with Crippen molar-refractivity contribution in [3.8, 4) is 17.2 Å². The van der Waals surface area contributed by atoms with Gasteiger partial charge in [0.05, 0.1) is 5.56 Å². The zero-order chi connectivity index (χ0) is 21.6. The lowest BCUT2D eigenvalue weighted by molar-refractivity contribution is 0.0743. The molecule has 0 aromatic heterocycles. The Morgan fingerprint density at radius 2 is 1.74 bits per heavy atom. The molecular formula is C24H23ClN2O4. The van der Waals surface area contributed by atoms with Crippen LogP contribution in [0.3, 0.4) is 0 Å². The Bertz CT molecular complexity index is 1060. The third kappa shape index (κ3) is 4.93. The number of nitrogens with two attached hydrogens (primary N) is 1. The molecule has 0 fully saturated rings. The van der Waals surface area contributed by atoms with Crippen molar-refractivity contribution in [2.24, 2.45) is 5.73 Å². The fourth-order valence-electron chi connectivity index (χ4n) is 3.37. The minimum absolute atomic E-state index is 0.159. The summed E-state index contributed by atoms with van der Waals surface area (Å²) in [5.41, 5.74) is 8.06. The number of nitrogens with zero attached hydrogens (tertiary/aromatic N) is 1. The SMILES string of the molecule is NCCN(Cc1cc2c(cc1Cl)OCO2)C(=O)c1ccccc1OCc1ccccc1. The van der Waals surface area contributed by atoms with Gasteiger partial charge in [-0.1, -0.05) is 54.1 Å². The van der Waals surface area contributed by atoms with Gasteiger partial charge in [0.25, 0.3) is 5.91 Å². The van der Waals surface area contributed by atoms with Crippen molar-refractivity contribution < 1.29 is 19.0 Å². The second-order valence-electron chi connectivity index (χ2n) is 7.08. The van der Waals surface area contributed by atoms with Crippen molar-refractivity contribution in [3.05, 3.63) is 88.4 Å². The number of benzene rings is 3. The molecule has 3 aromatic rings. The summed E-state index contributed by atoms with van der Waals surface area (Å²) in [7, 11) is 0. The number of fused-ring (bicyclic) bond motifs is 1. The van der Waals surface area contributed by atoms with Crippen LogP contribution in [0, 0.1) is 0 Å². The lowest BCUT2D eigenvalue weighted by atomic mass is 10.1. The van der Waals surface area contributed by atoms with Gasteiger partial charge in [-0.25, -0.2) is 0 Å². The lowest BCUT2D eigenvalue weighted by Crippen LogP contribution is -2.35. The average Bonchev–Trinajstić information content (AvgIpc) is 3.25. The highest BCUT2D eigenvalue weighted by atomic mass is 35.5. The smallest absolute Gasteiger partial charge is 0.257 e. The van der Waals surface area contributed by atoms with Crippen LogP contribution < -0.4 is 19.9 Å². The standard InChI is InChI=1S/C24H23ClN2O4/c25-20-13-23-22(30-16-31-23)12-18(20)14-27(11-10-26)24(28)19-8-4-5-9-21(19)29-15-17-6-2-1-3-7-17/h1-9,12-13H,10-11,14-16,26H2. The van der Waals surface area contributed by atoms with Crippen LogP contribution >= 0.6 is 11.6 Å². The van der Waals surface area contributed by atoms with Crippen LogP contribution in [0.1, 0.15) is 21.5 Å². The van der Waals surface area contributed by atoms with E-state index in [0.717, 1.165) is 11.1 Å². The van der Waals surface area contributed by atoms with Gasteiger partial charge in [-0.05, 0) is 29.3 Å². The maximum Gasteiger partial charge on any atom is 0.257 e. The fraction of sp³-hybridized carbons (Fsp3) is 0.208. The van der Waals surface area contributed by atoms with E-state index in [1.54, 1.807) is 29.2 Å². The average molecular weight is 439 g/mol. The molecule has 0 atom stereocenters. The summed E-state index contributed by atoms with van der Waals surface area (Å²) in [6.45, 7) is 1.51. The molecule has 0 saturated heterocycles. The molecule has 160 valence electrons. The van der Waals surface area contributed by atoms with Gasteiger partial charge in [0.15, 0.2) is 11.5 Å². The number of rotatable bonds is 8. The number of carbonyl (C=O) groups excluding carboxylic acids is 1. The van der Waals surface area contributed by atoms with Crippen molar-refractivity contribution in [1.82, 2.24) is 4.90 Å². The number of para-hydroxylation sites is 1. The van der Waals surface area contributed by atoms with Crippen LogP contribution in [0.25, 0.3) is 0 Å². The summed E-state index contributed by atoms with van der Waals surface area (Å²) in [5, 5.41) is 0.507. The van der Waals surface area contributed by atoms with Crippen LogP contribution in [0.2, 0.25) is 5.02 Å². The van der Waals surface area contributed by atoms with E-state index < -0.39 is 0 Å². The maximum atomic E-state index is 13.4. The number of hydrogen-bond acceptors (Lipinski definition) is 5. The molecule has 31 heavy (non-hydrogen) atoms. The van der Waals surface area contributed by atoms with E-state index in [2.05, 4.69) is 0 Å². The summed E-state index contributed by atoms with van der Waals surface area (Å²) in [6.07, 6.45) is 0. The first-order valence-electron chi connectivity index (χ1n) is 9.99. The predicted molar refractivity (Wildman–Crippen MR) is 119 cm³/mol. The lowest BCUT2D eigenvalue weighted by Gasteiger charge is -2.24. The van der Waals surface area contributed by atoms with Gasteiger partial charge in [-0.3, -0.25) is 4.79 Å². The third-order valence-electron chi connectivity index (χ3n) is 4.94. The Morgan fingerprint density at radius 3 is 2.52 bits per heavy atom. The Morgan fingerprint density at radius 1 is 1.03 bits per heavy atom. The Kier molecular flexibility index (Phi) is 6.60. The molecule has 4 rings (SSSR count). The van der Waals surface area contributed by atoms with Crippen LogP contribution in [0.15, 0.2) is 66.7 Å². The minimum Gasteiger partial charge on any atom is -0.488 e. The van der Waals surface area contributed by atoms with Crippen LogP contribution in [-0.4, -0.2) is 30.7 Å². The van der Waals surface area contributed by atoms with Crippen molar-refractivity contribution in [2.75, 3.05) is 19.9 Å². The monoisotopic (exact) mass is 438 g/mol. The van der Waals surface area contributed by atoms with Crippen LogP contribution in [-0.2, 0) is 13.2 Å². The van der Waals surface area contributed by atoms with Crippen LogP contribution in [0.5, 0.6) is 17.2 Å². The number of hydrogen-bond donors (Lipinski definition) is 1. The molecule has 0 unspecified atom stereocenters. The highest BCUT2D eigenvalue weighted by molar-refractivity contribution is 6.31. The summed E-state index contributed by atoms with van der Waals surface area (Å²) in [4.78, 5) is 15.1. The van der Waals surface area contributed by atoms with E-state index in [9.17, 15) is 4.79 Å². The van der Waals surface area contributed by atoms with E-state index in [0.29, 0.717) is 54.1 Å². The molecule has 0 spiro atoms. The molecule has 1 aliphatic heterocycles. The van der Waals surface area contributed by atoms with E-state index in [1.165, 1.54) is 0 Å². The summed E-state index contributed by atoms with van der Waals surface area (Å²) < 4.78 is 16.8. The van der Waals surface area contributed by atoms with Gasteiger partial charge in [0, 0.05) is 30.7 Å². The molecule has 6 nitrogen and oxygen atoms in total. The quantitative estimate of drug-likeness (QED) is 0.569. The summed E-state index contributed by atoms with van der Waals surface area (Å²) in [5.74, 6) is 1.56. The molecule has 1 amide bonds. The second kappa shape index (κ2) is 9.73. The Hall–Kier alpha value is -3.22. The Labute approximate surface area is 186 Å². The largest absolute Gasteiger partial charge is 0.488 e. The first-order valence-corrected chi connectivity index (χ1v) is 10.4. The highest BCUT2D eigenvalue weighted by Crippen LogP contribution is 2.37. The van der Waals surface area contributed by atoms with Gasteiger partial charge in [-0.2, -0.15) is 0 Å². The molecule has 0 saturated carbocycles. The zero-order valence-electron chi connectivity index (χ0n) is 16.9. The molecule has 0 bridgehead atoms.